The topological polar surface area (TPSA) is 67.6 Å². The molecule has 0 spiro atoms. The summed E-state index contributed by atoms with van der Waals surface area (Å²) in [7, 11) is 0. The molecule has 1 aliphatic rings. The quantitative estimate of drug-likeness (QED) is 0.620. The fourth-order valence-corrected chi connectivity index (χ4v) is 3.99. The van der Waals surface area contributed by atoms with Crippen molar-refractivity contribution in [3.05, 3.63) is 45.0 Å². The first-order chi connectivity index (χ1) is 12.1. The number of rotatable bonds is 5. The van der Waals surface area contributed by atoms with Crippen molar-refractivity contribution in [1.82, 2.24) is 24.6 Å². The van der Waals surface area contributed by atoms with Crippen molar-refractivity contribution in [2.24, 2.45) is 0 Å². The minimum absolute atomic E-state index is 0.0485. The summed E-state index contributed by atoms with van der Waals surface area (Å²) in [5.74, 6) is 0.740. The molecule has 25 heavy (non-hydrogen) atoms. The highest BCUT2D eigenvalue weighted by molar-refractivity contribution is 9.10. The summed E-state index contributed by atoms with van der Waals surface area (Å²) < 4.78 is 5.70. The van der Waals surface area contributed by atoms with E-state index in [1.165, 1.54) is 0 Å². The molecule has 130 valence electrons. The van der Waals surface area contributed by atoms with E-state index in [0.717, 1.165) is 39.7 Å². The number of aromatic nitrogens is 4. The van der Waals surface area contributed by atoms with Gasteiger partial charge in [0, 0.05) is 27.1 Å². The minimum atomic E-state index is -0.0485. The molecular formula is C17H18BrN5OS. The number of amides is 1. The van der Waals surface area contributed by atoms with E-state index in [1.807, 2.05) is 40.3 Å². The molecule has 1 saturated carbocycles. The normalized spacial score (nSPS) is 14.2. The third-order valence-corrected chi connectivity index (χ3v) is 5.88. The molecule has 0 saturated heterocycles. The Morgan fingerprint density at radius 1 is 1.44 bits per heavy atom. The van der Waals surface area contributed by atoms with Crippen molar-refractivity contribution >= 4 is 45.0 Å². The van der Waals surface area contributed by atoms with Crippen molar-refractivity contribution in [3.8, 4) is 0 Å². The molecule has 2 N–H and O–H groups in total. The fraction of sp³-hybridized carbons (Fsp3) is 0.353. The average Bonchev–Trinajstić information content (AvgIpc) is 3.34. The van der Waals surface area contributed by atoms with E-state index in [9.17, 15) is 4.79 Å². The zero-order valence-corrected chi connectivity index (χ0v) is 16.2. The summed E-state index contributed by atoms with van der Waals surface area (Å²) >= 11 is 8.89. The fourth-order valence-electron chi connectivity index (χ4n) is 3.14. The maximum absolute atomic E-state index is 12.5. The standard InChI is InChI=1S/C17H18BrN5OS/c1-10-16(18)12-4-2-3-5-13(12)22(10)9-15(24)19-8-14-20-21-17(25)23(14)11-6-7-11/h2-5,11H,6-9H2,1H3,(H,19,24)(H,21,25). The number of hydrogen-bond donors (Lipinski definition) is 2. The zero-order chi connectivity index (χ0) is 17.6. The number of halogens is 1. The number of carbonyl (C=O) groups is 1. The number of carbonyl (C=O) groups excluding carboxylic acids is 1. The van der Waals surface area contributed by atoms with Gasteiger partial charge in [-0.2, -0.15) is 5.10 Å². The van der Waals surface area contributed by atoms with E-state index >= 15 is 0 Å². The van der Waals surface area contributed by atoms with E-state index in [4.69, 9.17) is 12.2 Å². The highest BCUT2D eigenvalue weighted by Gasteiger charge is 2.27. The Kier molecular flexibility index (Phi) is 4.24. The second kappa shape index (κ2) is 6.42. The number of nitrogens with one attached hydrogen (secondary N) is 2. The van der Waals surface area contributed by atoms with Crippen molar-refractivity contribution in [1.29, 1.82) is 0 Å². The molecule has 0 atom stereocenters. The van der Waals surface area contributed by atoms with E-state index in [1.54, 1.807) is 0 Å². The largest absolute Gasteiger partial charge is 0.347 e. The first kappa shape index (κ1) is 16.5. The first-order valence-corrected chi connectivity index (χ1v) is 9.42. The molecule has 0 unspecified atom stereocenters. The summed E-state index contributed by atoms with van der Waals surface area (Å²) in [6.45, 7) is 2.66. The Morgan fingerprint density at radius 2 is 2.20 bits per heavy atom. The monoisotopic (exact) mass is 419 g/mol. The number of benzene rings is 1. The molecular weight excluding hydrogens is 402 g/mol. The Labute approximate surface area is 158 Å². The molecule has 1 aliphatic carbocycles. The molecule has 0 radical (unpaired) electrons. The number of fused-ring (bicyclic) bond motifs is 1. The summed E-state index contributed by atoms with van der Waals surface area (Å²) in [6.07, 6.45) is 2.24. The molecule has 1 amide bonds. The first-order valence-electron chi connectivity index (χ1n) is 8.22. The van der Waals surface area contributed by atoms with Gasteiger partial charge in [0.2, 0.25) is 5.91 Å². The van der Waals surface area contributed by atoms with Crippen LogP contribution in [0.25, 0.3) is 10.9 Å². The van der Waals surface area contributed by atoms with Gasteiger partial charge in [-0.05, 0) is 54.0 Å². The Balaban J connectivity index is 1.50. The number of para-hydroxylation sites is 1. The number of H-pyrrole nitrogens is 1. The van der Waals surface area contributed by atoms with Crippen LogP contribution in [-0.4, -0.2) is 25.2 Å². The van der Waals surface area contributed by atoms with Crippen molar-refractivity contribution in [3.63, 3.8) is 0 Å². The molecule has 4 rings (SSSR count). The summed E-state index contributed by atoms with van der Waals surface area (Å²) in [4.78, 5) is 12.5. The van der Waals surface area contributed by atoms with Gasteiger partial charge in [-0.25, -0.2) is 0 Å². The van der Waals surface area contributed by atoms with Crippen LogP contribution in [0.15, 0.2) is 28.7 Å². The predicted octanol–water partition coefficient (Wildman–Crippen LogP) is 3.62. The van der Waals surface area contributed by atoms with Crippen LogP contribution in [0.3, 0.4) is 0 Å². The Hall–Kier alpha value is -1.93. The lowest BCUT2D eigenvalue weighted by Gasteiger charge is -2.10. The number of aromatic amines is 1. The van der Waals surface area contributed by atoms with Crippen molar-refractivity contribution < 1.29 is 4.79 Å². The SMILES string of the molecule is Cc1c(Br)c2ccccc2n1CC(=O)NCc1n[nH]c(=S)n1C1CC1. The van der Waals surface area contributed by atoms with Crippen molar-refractivity contribution in [2.45, 2.75) is 38.9 Å². The van der Waals surface area contributed by atoms with Crippen molar-refractivity contribution in [2.75, 3.05) is 0 Å². The highest BCUT2D eigenvalue weighted by Crippen LogP contribution is 2.35. The number of nitrogens with zero attached hydrogens (tertiary/aromatic N) is 3. The predicted molar refractivity (Wildman–Crippen MR) is 102 cm³/mol. The zero-order valence-electron chi connectivity index (χ0n) is 13.8. The van der Waals surface area contributed by atoms with Gasteiger partial charge in [0.1, 0.15) is 6.54 Å². The van der Waals surface area contributed by atoms with Crippen LogP contribution in [0.4, 0.5) is 0 Å². The molecule has 2 heterocycles. The Bertz CT molecular complexity index is 1010. The van der Waals surface area contributed by atoms with Gasteiger partial charge in [0.15, 0.2) is 10.6 Å². The Morgan fingerprint density at radius 3 is 2.96 bits per heavy atom. The summed E-state index contributed by atoms with van der Waals surface area (Å²) in [6, 6.07) is 8.49. The summed E-state index contributed by atoms with van der Waals surface area (Å²) in [5.41, 5.74) is 2.08. The second-order valence-corrected chi connectivity index (χ2v) is 7.51. The lowest BCUT2D eigenvalue weighted by Crippen LogP contribution is -2.28. The maximum atomic E-state index is 12.5. The van der Waals surface area contributed by atoms with Crippen LogP contribution in [0.1, 0.15) is 30.4 Å². The highest BCUT2D eigenvalue weighted by atomic mass is 79.9. The van der Waals surface area contributed by atoms with E-state index in [2.05, 4.69) is 31.4 Å². The van der Waals surface area contributed by atoms with Gasteiger partial charge in [-0.3, -0.25) is 14.5 Å². The van der Waals surface area contributed by atoms with Gasteiger partial charge >= 0.3 is 0 Å². The molecule has 2 aromatic heterocycles. The summed E-state index contributed by atoms with van der Waals surface area (Å²) in [5, 5.41) is 11.1. The van der Waals surface area contributed by atoms with Crippen LogP contribution in [0.2, 0.25) is 0 Å². The van der Waals surface area contributed by atoms with Crippen LogP contribution in [-0.2, 0) is 17.9 Å². The third-order valence-electron chi connectivity index (χ3n) is 4.59. The van der Waals surface area contributed by atoms with Gasteiger partial charge in [-0.15, -0.1) is 0 Å². The van der Waals surface area contributed by atoms with Crippen LogP contribution in [0, 0.1) is 11.7 Å². The second-order valence-electron chi connectivity index (χ2n) is 6.33. The molecule has 1 aromatic carbocycles. The molecule has 0 aliphatic heterocycles. The van der Waals surface area contributed by atoms with Crippen LogP contribution in [0.5, 0.6) is 0 Å². The van der Waals surface area contributed by atoms with Gasteiger partial charge in [0.05, 0.1) is 6.54 Å². The molecule has 8 heteroatoms. The van der Waals surface area contributed by atoms with Gasteiger partial charge in [0.25, 0.3) is 0 Å². The number of hydrogen-bond acceptors (Lipinski definition) is 3. The molecule has 6 nitrogen and oxygen atoms in total. The minimum Gasteiger partial charge on any atom is -0.347 e. The third kappa shape index (κ3) is 3.04. The molecule has 3 aromatic rings. The lowest BCUT2D eigenvalue weighted by atomic mass is 10.2. The van der Waals surface area contributed by atoms with Gasteiger partial charge in [-0.1, -0.05) is 18.2 Å². The smallest absolute Gasteiger partial charge is 0.240 e. The van der Waals surface area contributed by atoms with E-state index in [-0.39, 0.29) is 12.5 Å². The average molecular weight is 420 g/mol. The molecule has 1 fully saturated rings. The maximum Gasteiger partial charge on any atom is 0.240 e. The van der Waals surface area contributed by atoms with E-state index in [0.29, 0.717) is 17.4 Å². The van der Waals surface area contributed by atoms with Gasteiger partial charge < -0.3 is 9.88 Å². The van der Waals surface area contributed by atoms with E-state index < -0.39 is 0 Å². The van der Waals surface area contributed by atoms with Crippen LogP contribution >= 0.6 is 28.1 Å². The van der Waals surface area contributed by atoms with Crippen LogP contribution < -0.4 is 5.32 Å². The lowest BCUT2D eigenvalue weighted by molar-refractivity contribution is -0.121. The molecule has 0 bridgehead atoms.